The third kappa shape index (κ3) is 3.96. The Kier molecular flexibility index (Phi) is 5.02. The van der Waals surface area contributed by atoms with E-state index in [-0.39, 0.29) is 18.6 Å². The monoisotopic (exact) mass is 353 g/mol. The molecule has 1 atom stereocenters. The average molecular weight is 353 g/mol. The first-order valence-electron chi connectivity index (χ1n) is 9.09. The number of rotatable bonds is 4. The molecular weight excluding hydrogens is 330 g/mol. The lowest BCUT2D eigenvalue weighted by atomic mass is 10.0. The maximum absolute atomic E-state index is 12.5. The Labute approximate surface area is 153 Å². The Morgan fingerprint density at radius 2 is 1.88 bits per heavy atom. The number of pyridine rings is 1. The molecule has 1 aromatic carbocycles. The zero-order chi connectivity index (χ0) is 17.8. The highest BCUT2D eigenvalue weighted by Crippen LogP contribution is 2.31. The number of amides is 1. The molecule has 2 aliphatic heterocycles. The van der Waals surface area contributed by atoms with E-state index in [0.717, 1.165) is 38.2 Å². The second kappa shape index (κ2) is 7.74. The highest BCUT2D eigenvalue weighted by Gasteiger charge is 2.29. The van der Waals surface area contributed by atoms with Gasteiger partial charge in [-0.3, -0.25) is 14.7 Å². The van der Waals surface area contributed by atoms with Crippen LogP contribution in [0.5, 0.6) is 11.5 Å². The largest absolute Gasteiger partial charge is 0.485 e. The number of para-hydroxylation sites is 2. The summed E-state index contributed by atoms with van der Waals surface area (Å²) >= 11 is 0. The standard InChI is InChI=1S/C20H23N3O3/c24-20(19-14-25-17-6-1-2-7-18(17)26-19)22-15-8-11-23(12-9-15)13-16-5-3-4-10-21-16/h1-7,10,15,19H,8-9,11-14H2,(H,22,24)/t19-/m0/s1. The smallest absolute Gasteiger partial charge is 0.264 e. The Morgan fingerprint density at radius 1 is 1.12 bits per heavy atom. The Hall–Kier alpha value is -2.60. The second-order valence-corrected chi connectivity index (χ2v) is 6.74. The molecule has 6 nitrogen and oxygen atoms in total. The quantitative estimate of drug-likeness (QED) is 0.911. The van der Waals surface area contributed by atoms with Crippen molar-refractivity contribution in [3.63, 3.8) is 0 Å². The molecule has 6 heteroatoms. The first kappa shape index (κ1) is 16.8. The molecule has 0 bridgehead atoms. The van der Waals surface area contributed by atoms with Crippen molar-refractivity contribution in [1.29, 1.82) is 0 Å². The highest BCUT2D eigenvalue weighted by atomic mass is 16.6. The average Bonchev–Trinajstić information content (AvgIpc) is 2.70. The summed E-state index contributed by atoms with van der Waals surface area (Å²) in [5.74, 6) is 1.23. The normalized spacial score (nSPS) is 20.5. The lowest BCUT2D eigenvalue weighted by Crippen LogP contribution is -2.50. The Balaban J connectivity index is 1.25. The van der Waals surface area contributed by atoms with E-state index >= 15 is 0 Å². The molecule has 4 rings (SSSR count). The molecule has 1 saturated heterocycles. The predicted molar refractivity (Wildman–Crippen MR) is 97.0 cm³/mol. The van der Waals surface area contributed by atoms with Gasteiger partial charge in [0.1, 0.15) is 6.61 Å². The van der Waals surface area contributed by atoms with Gasteiger partial charge < -0.3 is 14.8 Å². The summed E-state index contributed by atoms with van der Waals surface area (Å²) in [5, 5.41) is 3.12. The van der Waals surface area contributed by atoms with Gasteiger partial charge in [0, 0.05) is 31.9 Å². The number of fused-ring (bicyclic) bond motifs is 1. The summed E-state index contributed by atoms with van der Waals surface area (Å²) < 4.78 is 11.4. The van der Waals surface area contributed by atoms with Crippen LogP contribution in [0.2, 0.25) is 0 Å². The molecule has 2 aromatic rings. The zero-order valence-electron chi connectivity index (χ0n) is 14.6. The van der Waals surface area contributed by atoms with Crippen molar-refractivity contribution in [1.82, 2.24) is 15.2 Å². The lowest BCUT2D eigenvalue weighted by molar-refractivity contribution is -0.131. The number of hydrogen-bond acceptors (Lipinski definition) is 5. The van der Waals surface area contributed by atoms with E-state index in [0.29, 0.717) is 11.5 Å². The van der Waals surface area contributed by atoms with Crippen LogP contribution in [0.25, 0.3) is 0 Å². The van der Waals surface area contributed by atoms with Crippen LogP contribution in [0.3, 0.4) is 0 Å². The van der Waals surface area contributed by atoms with Gasteiger partial charge in [-0.15, -0.1) is 0 Å². The molecule has 1 aromatic heterocycles. The van der Waals surface area contributed by atoms with Crippen LogP contribution in [0.15, 0.2) is 48.7 Å². The van der Waals surface area contributed by atoms with Crippen molar-refractivity contribution in [2.45, 2.75) is 31.5 Å². The van der Waals surface area contributed by atoms with Gasteiger partial charge in [-0.2, -0.15) is 0 Å². The third-order valence-electron chi connectivity index (χ3n) is 4.85. The fraction of sp³-hybridized carbons (Fsp3) is 0.400. The Morgan fingerprint density at radius 3 is 2.65 bits per heavy atom. The maximum atomic E-state index is 12.5. The maximum Gasteiger partial charge on any atom is 0.264 e. The summed E-state index contributed by atoms with van der Waals surface area (Å²) in [6, 6.07) is 13.6. The molecule has 0 aliphatic carbocycles. The molecule has 0 saturated carbocycles. The number of nitrogens with zero attached hydrogens (tertiary/aromatic N) is 2. The summed E-state index contributed by atoms with van der Waals surface area (Å²) in [5.41, 5.74) is 1.08. The van der Waals surface area contributed by atoms with Crippen molar-refractivity contribution >= 4 is 5.91 Å². The van der Waals surface area contributed by atoms with Crippen LogP contribution < -0.4 is 14.8 Å². The van der Waals surface area contributed by atoms with E-state index in [1.54, 1.807) is 0 Å². The van der Waals surface area contributed by atoms with Crippen molar-refractivity contribution in [3.8, 4) is 11.5 Å². The van der Waals surface area contributed by atoms with Gasteiger partial charge in [0.15, 0.2) is 11.5 Å². The second-order valence-electron chi connectivity index (χ2n) is 6.74. The first-order valence-corrected chi connectivity index (χ1v) is 9.09. The fourth-order valence-corrected chi connectivity index (χ4v) is 3.40. The van der Waals surface area contributed by atoms with Crippen LogP contribution in [0, 0.1) is 0 Å². The van der Waals surface area contributed by atoms with Crippen LogP contribution in [0.4, 0.5) is 0 Å². The van der Waals surface area contributed by atoms with E-state index in [9.17, 15) is 4.79 Å². The van der Waals surface area contributed by atoms with Crippen molar-refractivity contribution in [3.05, 3.63) is 54.4 Å². The topological polar surface area (TPSA) is 63.7 Å². The number of nitrogens with one attached hydrogen (secondary N) is 1. The molecule has 0 spiro atoms. The van der Waals surface area contributed by atoms with E-state index < -0.39 is 6.10 Å². The molecule has 3 heterocycles. The fourth-order valence-electron chi connectivity index (χ4n) is 3.40. The predicted octanol–water partition coefficient (Wildman–Crippen LogP) is 2.00. The van der Waals surface area contributed by atoms with Gasteiger partial charge >= 0.3 is 0 Å². The van der Waals surface area contributed by atoms with Crippen molar-refractivity contribution in [2.24, 2.45) is 0 Å². The molecule has 1 fully saturated rings. The number of carbonyl (C=O) groups is 1. The molecule has 0 unspecified atom stereocenters. The third-order valence-corrected chi connectivity index (χ3v) is 4.85. The number of ether oxygens (including phenoxy) is 2. The highest BCUT2D eigenvalue weighted by molar-refractivity contribution is 5.82. The lowest BCUT2D eigenvalue weighted by Gasteiger charge is -2.33. The summed E-state index contributed by atoms with van der Waals surface area (Å²) in [7, 11) is 0. The number of hydrogen-bond donors (Lipinski definition) is 1. The van der Waals surface area contributed by atoms with E-state index in [1.165, 1.54) is 0 Å². The van der Waals surface area contributed by atoms with E-state index in [4.69, 9.17) is 9.47 Å². The summed E-state index contributed by atoms with van der Waals surface area (Å²) in [6.45, 7) is 3.01. The molecule has 2 aliphatic rings. The van der Waals surface area contributed by atoms with E-state index in [2.05, 4.69) is 15.2 Å². The van der Waals surface area contributed by atoms with E-state index in [1.807, 2.05) is 48.7 Å². The van der Waals surface area contributed by atoms with Crippen LogP contribution in [0.1, 0.15) is 18.5 Å². The zero-order valence-corrected chi connectivity index (χ0v) is 14.6. The van der Waals surface area contributed by atoms with Crippen molar-refractivity contribution < 1.29 is 14.3 Å². The van der Waals surface area contributed by atoms with Gasteiger partial charge in [0.2, 0.25) is 6.10 Å². The molecule has 0 radical (unpaired) electrons. The molecule has 26 heavy (non-hydrogen) atoms. The minimum Gasteiger partial charge on any atom is -0.485 e. The minimum atomic E-state index is -0.587. The van der Waals surface area contributed by atoms with Gasteiger partial charge in [-0.1, -0.05) is 18.2 Å². The van der Waals surface area contributed by atoms with Gasteiger partial charge in [0.25, 0.3) is 5.91 Å². The minimum absolute atomic E-state index is 0.0947. The molecule has 1 N–H and O–H groups in total. The van der Waals surface area contributed by atoms with Crippen LogP contribution in [-0.2, 0) is 11.3 Å². The van der Waals surface area contributed by atoms with Crippen LogP contribution in [-0.4, -0.2) is 47.6 Å². The van der Waals surface area contributed by atoms with Gasteiger partial charge in [-0.25, -0.2) is 0 Å². The molecular formula is C20H23N3O3. The van der Waals surface area contributed by atoms with Gasteiger partial charge in [0.05, 0.1) is 5.69 Å². The summed E-state index contributed by atoms with van der Waals surface area (Å²) in [4.78, 5) is 19.3. The first-order chi connectivity index (χ1) is 12.8. The number of benzene rings is 1. The van der Waals surface area contributed by atoms with Gasteiger partial charge in [-0.05, 0) is 37.1 Å². The molecule has 1 amide bonds. The Bertz CT molecular complexity index is 745. The number of carbonyl (C=O) groups excluding carboxylic acids is 1. The van der Waals surface area contributed by atoms with Crippen molar-refractivity contribution in [2.75, 3.05) is 19.7 Å². The number of aromatic nitrogens is 1. The number of piperidine rings is 1. The SMILES string of the molecule is O=C(NC1CCN(Cc2ccccn2)CC1)[C@@H]1COc2ccccc2O1. The number of likely N-dealkylation sites (tertiary alicyclic amines) is 1. The molecule has 136 valence electrons. The summed E-state index contributed by atoms with van der Waals surface area (Å²) in [6.07, 6.45) is 3.11. The van der Waals surface area contributed by atoms with Crippen LogP contribution >= 0.6 is 0 Å².